The lowest BCUT2D eigenvalue weighted by Gasteiger charge is -2.39. The molecule has 0 bridgehead atoms. The average molecular weight is 440 g/mol. The third kappa shape index (κ3) is 5.10. The van der Waals surface area contributed by atoms with Crippen LogP contribution < -0.4 is 4.90 Å². The van der Waals surface area contributed by atoms with Crippen LogP contribution in [-0.4, -0.2) is 47.1 Å². The van der Waals surface area contributed by atoms with Crippen molar-refractivity contribution in [2.75, 3.05) is 31.0 Å². The summed E-state index contributed by atoms with van der Waals surface area (Å²) in [6.45, 7) is 5.76. The van der Waals surface area contributed by atoms with Crippen molar-refractivity contribution < 1.29 is 18.3 Å². The monoisotopic (exact) mass is 439 g/mol. The number of halogens is 3. The van der Waals surface area contributed by atoms with Gasteiger partial charge in [0.25, 0.3) is 0 Å². The zero-order valence-corrected chi connectivity index (χ0v) is 18.4. The Morgan fingerprint density at radius 1 is 1.20 bits per heavy atom. The lowest BCUT2D eigenvalue weighted by molar-refractivity contribution is -0.138. The second-order valence-electron chi connectivity index (χ2n) is 7.89. The topological polar surface area (TPSA) is 39.6 Å². The predicted molar refractivity (Wildman–Crippen MR) is 115 cm³/mol. The van der Waals surface area contributed by atoms with Crippen molar-refractivity contribution in [1.82, 2.24) is 9.88 Å². The Hall–Kier alpha value is -1.77. The van der Waals surface area contributed by atoms with Crippen LogP contribution in [-0.2, 0) is 19.1 Å². The molecule has 0 saturated carbocycles. The van der Waals surface area contributed by atoms with Crippen LogP contribution in [0.25, 0.3) is 0 Å². The molecular formula is C22H28F3N3OS. The van der Waals surface area contributed by atoms with Crippen molar-refractivity contribution in [2.24, 2.45) is 0 Å². The number of benzene rings is 1. The van der Waals surface area contributed by atoms with Gasteiger partial charge in [-0.15, -0.1) is 11.8 Å². The number of aromatic nitrogens is 1. The summed E-state index contributed by atoms with van der Waals surface area (Å²) in [4.78, 5) is 10.1. The molecule has 1 aromatic heterocycles. The average Bonchev–Trinajstić information content (AvgIpc) is 2.68. The van der Waals surface area contributed by atoms with E-state index in [4.69, 9.17) is 0 Å². The SMILES string of the molecule is CC(C)N1CN(C)Cc2c1ncc(Cc1ccccc1C(F)(F)F)c2SCCCO. The van der Waals surface area contributed by atoms with Gasteiger partial charge in [-0.1, -0.05) is 18.2 Å². The third-order valence-corrected chi connectivity index (χ3v) is 6.44. The maximum Gasteiger partial charge on any atom is 0.416 e. The molecule has 1 N–H and O–H groups in total. The molecule has 2 heterocycles. The highest BCUT2D eigenvalue weighted by Gasteiger charge is 2.33. The van der Waals surface area contributed by atoms with Gasteiger partial charge in [0.1, 0.15) is 5.82 Å². The van der Waals surface area contributed by atoms with Crippen LogP contribution in [0.15, 0.2) is 35.4 Å². The Morgan fingerprint density at radius 2 is 1.93 bits per heavy atom. The van der Waals surface area contributed by atoms with E-state index >= 15 is 0 Å². The molecule has 8 heteroatoms. The second-order valence-corrected chi connectivity index (χ2v) is 9.00. The zero-order valence-electron chi connectivity index (χ0n) is 17.5. The van der Waals surface area contributed by atoms with Crippen LogP contribution in [0, 0.1) is 0 Å². The van der Waals surface area contributed by atoms with E-state index in [1.807, 2.05) is 7.05 Å². The van der Waals surface area contributed by atoms with Crippen molar-refractivity contribution in [3.8, 4) is 0 Å². The Kier molecular flexibility index (Phi) is 7.31. The van der Waals surface area contributed by atoms with Crippen molar-refractivity contribution in [3.63, 3.8) is 0 Å². The molecule has 0 spiro atoms. The van der Waals surface area contributed by atoms with E-state index in [1.165, 1.54) is 12.1 Å². The summed E-state index contributed by atoms with van der Waals surface area (Å²) in [6, 6.07) is 5.99. The largest absolute Gasteiger partial charge is 0.416 e. The van der Waals surface area contributed by atoms with E-state index in [9.17, 15) is 18.3 Å². The molecule has 0 unspecified atom stereocenters. The fraction of sp³-hybridized carbons (Fsp3) is 0.500. The molecule has 164 valence electrons. The van der Waals surface area contributed by atoms with E-state index < -0.39 is 11.7 Å². The standard InChI is InChI=1S/C22H28F3N3OS/c1-15(2)28-14-27(3)13-18-20(30-10-6-9-29)17(12-26-21(18)28)11-16-7-4-5-8-19(16)22(23,24)25/h4-5,7-8,12,15,29H,6,9-11,13-14H2,1-3H3. The number of rotatable bonds is 7. The molecule has 0 saturated heterocycles. The molecular weight excluding hydrogens is 411 g/mol. The molecule has 3 rings (SSSR count). The van der Waals surface area contributed by atoms with Crippen molar-refractivity contribution >= 4 is 17.6 Å². The summed E-state index contributed by atoms with van der Waals surface area (Å²) in [7, 11) is 2.03. The molecule has 1 aliphatic heterocycles. The second kappa shape index (κ2) is 9.58. The molecule has 1 aromatic carbocycles. The molecule has 2 aromatic rings. The van der Waals surface area contributed by atoms with E-state index in [0.717, 1.165) is 34.6 Å². The summed E-state index contributed by atoms with van der Waals surface area (Å²) >= 11 is 1.60. The molecule has 0 radical (unpaired) electrons. The van der Waals surface area contributed by atoms with Crippen LogP contribution in [0.4, 0.5) is 19.0 Å². The van der Waals surface area contributed by atoms with E-state index in [2.05, 4.69) is 28.6 Å². The van der Waals surface area contributed by atoms with E-state index in [1.54, 1.807) is 24.0 Å². The highest BCUT2D eigenvalue weighted by atomic mass is 32.2. The lowest BCUT2D eigenvalue weighted by Crippen LogP contribution is -2.44. The quantitative estimate of drug-likeness (QED) is 0.496. The fourth-order valence-corrected chi connectivity index (χ4v) is 4.83. The maximum atomic E-state index is 13.5. The van der Waals surface area contributed by atoms with E-state index in [0.29, 0.717) is 18.7 Å². The number of anilines is 1. The van der Waals surface area contributed by atoms with Gasteiger partial charge >= 0.3 is 6.18 Å². The Labute approximate surface area is 180 Å². The Bertz CT molecular complexity index is 873. The maximum absolute atomic E-state index is 13.5. The van der Waals surface area contributed by atoms with Gasteiger partial charge in [0.15, 0.2) is 0 Å². The summed E-state index contributed by atoms with van der Waals surface area (Å²) in [5.74, 6) is 1.61. The van der Waals surface area contributed by atoms with Crippen molar-refractivity contribution in [2.45, 2.75) is 50.3 Å². The zero-order chi connectivity index (χ0) is 21.9. The van der Waals surface area contributed by atoms with Gasteiger partial charge in [0.05, 0.1) is 12.2 Å². The Morgan fingerprint density at radius 3 is 2.60 bits per heavy atom. The van der Waals surface area contributed by atoms with Crippen LogP contribution >= 0.6 is 11.8 Å². The predicted octanol–water partition coefficient (Wildman–Crippen LogP) is 4.78. The number of pyridine rings is 1. The highest BCUT2D eigenvalue weighted by Crippen LogP contribution is 2.39. The summed E-state index contributed by atoms with van der Waals surface area (Å²) < 4.78 is 40.5. The summed E-state index contributed by atoms with van der Waals surface area (Å²) in [5.41, 5.74) is 1.50. The first-order valence-corrected chi connectivity index (χ1v) is 11.1. The normalized spacial score (nSPS) is 15.0. The van der Waals surface area contributed by atoms with Gasteiger partial charge in [0, 0.05) is 48.0 Å². The van der Waals surface area contributed by atoms with Gasteiger partial charge in [-0.2, -0.15) is 13.2 Å². The van der Waals surface area contributed by atoms with Crippen LogP contribution in [0.3, 0.4) is 0 Å². The summed E-state index contributed by atoms with van der Waals surface area (Å²) in [5, 5.41) is 9.20. The van der Waals surface area contributed by atoms with Crippen LogP contribution in [0.5, 0.6) is 0 Å². The van der Waals surface area contributed by atoms with E-state index in [-0.39, 0.29) is 24.6 Å². The lowest BCUT2D eigenvalue weighted by atomic mass is 9.98. The van der Waals surface area contributed by atoms with Crippen LogP contribution in [0.1, 0.15) is 42.5 Å². The van der Waals surface area contributed by atoms with Gasteiger partial charge in [-0.3, -0.25) is 4.90 Å². The van der Waals surface area contributed by atoms with Gasteiger partial charge in [-0.25, -0.2) is 4.98 Å². The minimum absolute atomic E-state index is 0.0878. The first-order chi connectivity index (χ1) is 14.2. The molecule has 0 aliphatic carbocycles. The number of aliphatic hydroxyl groups is 1. The smallest absolute Gasteiger partial charge is 0.396 e. The minimum atomic E-state index is -4.39. The fourth-order valence-electron chi connectivity index (χ4n) is 3.72. The number of fused-ring (bicyclic) bond motifs is 1. The third-order valence-electron chi connectivity index (χ3n) is 5.15. The number of thioether (sulfide) groups is 1. The highest BCUT2D eigenvalue weighted by molar-refractivity contribution is 7.99. The first kappa shape index (κ1) is 22.9. The van der Waals surface area contributed by atoms with Crippen molar-refractivity contribution in [3.05, 3.63) is 52.7 Å². The number of hydrogen-bond donors (Lipinski definition) is 1. The molecule has 4 nitrogen and oxygen atoms in total. The molecule has 1 aliphatic rings. The van der Waals surface area contributed by atoms with Gasteiger partial charge in [-0.05, 0) is 44.5 Å². The number of nitrogens with zero attached hydrogens (tertiary/aromatic N) is 3. The first-order valence-electron chi connectivity index (χ1n) is 10.1. The number of hydrogen-bond acceptors (Lipinski definition) is 5. The molecule has 0 amide bonds. The minimum Gasteiger partial charge on any atom is -0.396 e. The number of alkyl halides is 3. The number of aliphatic hydroxyl groups excluding tert-OH is 1. The molecule has 0 atom stereocenters. The molecule has 30 heavy (non-hydrogen) atoms. The van der Waals surface area contributed by atoms with Crippen molar-refractivity contribution in [1.29, 1.82) is 0 Å². The van der Waals surface area contributed by atoms with Crippen LogP contribution in [0.2, 0.25) is 0 Å². The summed E-state index contributed by atoms with van der Waals surface area (Å²) in [6.07, 6.45) is -1.86. The Balaban J connectivity index is 2.06. The molecule has 0 fully saturated rings. The van der Waals surface area contributed by atoms with Gasteiger partial charge in [0.2, 0.25) is 0 Å². The van der Waals surface area contributed by atoms with Gasteiger partial charge < -0.3 is 10.0 Å².